The summed E-state index contributed by atoms with van der Waals surface area (Å²) in [5, 5.41) is 41.6. The molecule has 18 amide bonds. The fourth-order valence-corrected chi connectivity index (χ4v) is 16.4. The van der Waals surface area contributed by atoms with E-state index >= 15 is 0 Å². The number of carboxylic acid groups (broad SMARTS) is 1. The van der Waals surface area contributed by atoms with E-state index in [0.29, 0.717) is 5.69 Å². The number of imidazole rings is 1. The van der Waals surface area contributed by atoms with Crippen LogP contribution in [0, 0.1) is 5.92 Å². The van der Waals surface area contributed by atoms with Gasteiger partial charge in [0.25, 0.3) is 0 Å². The Hall–Kier alpha value is -10.3. The van der Waals surface area contributed by atoms with Crippen molar-refractivity contribution < 1.29 is 96.2 Å². The molecule has 5 heterocycles. The SMILES string of the molecule is CC[C@H](C)[C@@H]1NC(=O)[C@H](CC(=O)O)NC(=O)[C@@H]2CCCN2C(=O)[C@H](CC(N)=O)NC(=O)[C@H](CC(N)=O)NC(=O)C(CN)NC(=O)C(CN)NC(=O)[C@@H]2CSSC[C@H](NC(=O)CN)C(=O)N[C@@H](CSSC[C@@H](C(N)=O)NC1=O)C(=O)N[C@@H](CCCN=C(N)N)C(=O)N[C@@H](Cc1cnc[nH]1)C(=O)N1CCC[C@H]1C(=O)N[C@@H](C)C(=O)N2. The van der Waals surface area contributed by atoms with E-state index in [1.165, 1.54) is 31.3 Å². The minimum atomic E-state index is -2.03. The summed E-state index contributed by atoms with van der Waals surface area (Å²) < 4.78 is 0. The number of aliphatic carboxylic acids is 1. The Balaban J connectivity index is 1.67. The molecule has 0 aliphatic carbocycles. The first-order valence-corrected chi connectivity index (χ1v) is 40.7. The average Bonchev–Trinajstić information content (AvgIpc) is 1.72. The zero-order valence-corrected chi connectivity index (χ0v) is 65.3. The zero-order valence-electron chi connectivity index (χ0n) is 62.0. The molecule has 0 radical (unpaired) electrons. The first-order valence-electron chi connectivity index (χ1n) is 35.7. The smallest absolute Gasteiger partial charge is 0.305 e. The maximum absolute atomic E-state index is 15.0. The first-order chi connectivity index (χ1) is 53.5. The normalized spacial score (nSPS) is 27.9. The highest BCUT2D eigenvalue weighted by atomic mass is 33.1. The minimum Gasteiger partial charge on any atom is -0.481 e. The summed E-state index contributed by atoms with van der Waals surface area (Å²) in [6.07, 6.45) is -0.652. The summed E-state index contributed by atoms with van der Waals surface area (Å²) >= 11 is 0. The number of carbonyl (C=O) groups is 19. The first kappa shape index (κ1) is 93.3. The number of fused-ring (bicyclic) bond motifs is 10. The van der Waals surface area contributed by atoms with Gasteiger partial charge in [0, 0.05) is 74.0 Å². The van der Waals surface area contributed by atoms with E-state index in [0.717, 1.165) is 48.1 Å². The van der Waals surface area contributed by atoms with Crippen LogP contribution in [-0.2, 0) is 97.5 Å². The molecule has 2 unspecified atom stereocenters. The second-order valence-electron chi connectivity index (χ2n) is 26.6. The highest BCUT2D eigenvalue weighted by molar-refractivity contribution is 8.77. The largest absolute Gasteiger partial charge is 0.481 e. The molecule has 46 nitrogen and oxygen atoms in total. The number of aromatic amines is 1. The van der Waals surface area contributed by atoms with E-state index in [9.17, 15) is 96.2 Å². The molecule has 4 aliphatic heterocycles. The Labute approximate surface area is 662 Å². The maximum atomic E-state index is 15.0. The molecule has 50 heteroatoms. The topological polar surface area (TPSA) is 757 Å². The number of hydrogen-bond donors (Lipinski definition) is 23. The Morgan fingerprint density at radius 1 is 0.549 bits per heavy atom. The van der Waals surface area contributed by atoms with Gasteiger partial charge in [-0.25, -0.2) is 4.98 Å². The number of nitrogens with two attached hydrogens (primary N) is 8. The van der Waals surface area contributed by atoms with Gasteiger partial charge in [-0.05, 0) is 51.4 Å². The van der Waals surface area contributed by atoms with Gasteiger partial charge in [0.2, 0.25) is 106 Å². The van der Waals surface area contributed by atoms with Gasteiger partial charge in [-0.15, -0.1) is 0 Å². The van der Waals surface area contributed by atoms with Gasteiger partial charge in [-0.3, -0.25) is 96.1 Å². The predicted octanol–water partition coefficient (Wildman–Crippen LogP) is -12.3. The number of guanidine groups is 1. The molecule has 0 spiro atoms. The van der Waals surface area contributed by atoms with Crippen LogP contribution in [0.4, 0.5) is 0 Å². The number of hydrogen-bond acceptors (Lipinski definition) is 28. The summed E-state index contributed by atoms with van der Waals surface area (Å²) in [7, 11) is 3.20. The van der Waals surface area contributed by atoms with Crippen LogP contribution in [0.25, 0.3) is 0 Å². The van der Waals surface area contributed by atoms with Gasteiger partial charge in [-0.2, -0.15) is 0 Å². The Morgan fingerprint density at radius 2 is 1.02 bits per heavy atom. The molecule has 5 rings (SSSR count). The maximum Gasteiger partial charge on any atom is 0.305 e. The summed E-state index contributed by atoms with van der Waals surface area (Å²) in [6, 6.07) is -25.4. The fourth-order valence-electron chi connectivity index (χ4n) is 11.8. The van der Waals surface area contributed by atoms with Crippen molar-refractivity contribution in [1.29, 1.82) is 0 Å². The average molecular weight is 1670 g/mol. The van der Waals surface area contributed by atoms with Crippen molar-refractivity contribution in [3.05, 3.63) is 18.2 Å². The van der Waals surface area contributed by atoms with Gasteiger partial charge < -0.3 is 135 Å². The highest BCUT2D eigenvalue weighted by Crippen LogP contribution is 2.27. The third kappa shape index (κ3) is 29.3. The van der Waals surface area contributed by atoms with Crippen LogP contribution in [0.3, 0.4) is 0 Å². The standard InChI is InChI=1S/C63H100N26O20S4/c1-4-27(2)47-60(107)84-37(48(69)95)22-110-112-25-40-56(103)77-30(8-5-11-73-63(70)71)50(97)80-33(14-29-21-72-26-74-29)61(108)88-12-6-9-41(88)58(105)75-28(3)49(96)85-39(24-113-111-23-38(55(102)86-40)76-45(92)20-66)57(104)83-36(19-65)54(101)82-35(18-64)53(100)78-31(15-43(67)90)51(98)81-34(16-44(68)91)62(109)89-13-7-10-42(89)59(106)79-32(17-46(93)94)52(99)87-47/h21,26-28,30-42,47H,4-20,22-25,64-66H2,1-3H3,(H2,67,90)(H2,68,91)(H2,69,95)(H,72,74)(H,75,105)(H,76,92)(H,77,103)(H,78,100)(H,79,106)(H,80,97)(H,81,98)(H,82,101)(H,83,104)(H,84,107)(H,85,96)(H,86,102)(H,87,99)(H,93,94)(H4,70,71,73)/t27-,28-,30-,31-,32-,33-,34-,35?,36?,37-,38-,39-,40-,41-,42-,47-/m0/s1. The molecule has 2 bridgehead atoms. The van der Waals surface area contributed by atoms with Gasteiger partial charge in [0.05, 0.1) is 32.1 Å². The molecule has 1 aromatic rings. The third-order valence-corrected chi connectivity index (χ3v) is 22.9. The lowest BCUT2D eigenvalue weighted by Crippen LogP contribution is -2.63. The lowest BCUT2D eigenvalue weighted by molar-refractivity contribution is -0.145. The van der Waals surface area contributed by atoms with E-state index in [2.05, 4.69) is 84.1 Å². The number of primary amides is 3. The lowest BCUT2D eigenvalue weighted by atomic mass is 9.97. The Bertz CT molecular complexity index is 3680. The molecule has 4 saturated heterocycles. The van der Waals surface area contributed by atoms with E-state index in [1.807, 2.05) is 0 Å². The molecule has 31 N–H and O–H groups in total. The van der Waals surface area contributed by atoms with Crippen LogP contribution in [-0.4, -0.2) is 296 Å². The van der Waals surface area contributed by atoms with Gasteiger partial charge >= 0.3 is 5.97 Å². The summed E-state index contributed by atoms with van der Waals surface area (Å²) in [5.74, 6) is -24.5. The van der Waals surface area contributed by atoms with Crippen molar-refractivity contribution >= 4 is 161 Å². The number of amides is 18. The van der Waals surface area contributed by atoms with E-state index < -0.39 is 271 Å². The number of nitrogens with one attached hydrogen (secondary N) is 14. The van der Waals surface area contributed by atoms with Gasteiger partial charge in [0.15, 0.2) is 5.96 Å². The molecule has 4 fully saturated rings. The fraction of sp³-hybridized carbons (Fsp3) is 0.635. The van der Waals surface area contributed by atoms with Crippen LogP contribution >= 0.6 is 43.2 Å². The van der Waals surface area contributed by atoms with E-state index in [-0.39, 0.29) is 77.0 Å². The van der Waals surface area contributed by atoms with Crippen molar-refractivity contribution in [2.45, 2.75) is 182 Å². The van der Waals surface area contributed by atoms with Crippen molar-refractivity contribution in [1.82, 2.24) is 88.9 Å². The second kappa shape index (κ2) is 46.0. The van der Waals surface area contributed by atoms with Crippen LogP contribution in [0.15, 0.2) is 17.5 Å². The second-order valence-corrected chi connectivity index (χ2v) is 31.7. The zero-order chi connectivity index (χ0) is 83.9. The molecule has 16 atom stereocenters. The molecule has 1 aromatic heterocycles. The molecule has 113 heavy (non-hydrogen) atoms. The minimum absolute atomic E-state index is 0.00291. The summed E-state index contributed by atoms with van der Waals surface area (Å²) in [6.45, 7) is 1.76. The van der Waals surface area contributed by atoms with Crippen molar-refractivity contribution in [3.63, 3.8) is 0 Å². The number of aromatic nitrogens is 2. The summed E-state index contributed by atoms with van der Waals surface area (Å²) in [4.78, 5) is 279. The van der Waals surface area contributed by atoms with E-state index in [4.69, 9.17) is 45.9 Å². The Kier molecular flexibility index (Phi) is 38.0. The number of aliphatic imine (C=N–C) groups is 1. The summed E-state index contributed by atoms with van der Waals surface area (Å²) in [5.41, 5.74) is 46.0. The lowest BCUT2D eigenvalue weighted by Gasteiger charge is -2.31. The van der Waals surface area contributed by atoms with Crippen LogP contribution in [0.5, 0.6) is 0 Å². The monoisotopic (exact) mass is 1670 g/mol. The van der Waals surface area contributed by atoms with Gasteiger partial charge in [0.1, 0.15) is 90.6 Å². The number of H-pyrrole nitrogens is 1. The molecular formula is C63H100N26O20S4. The number of carboxylic acids is 1. The number of nitrogens with zero attached hydrogens (tertiary/aromatic N) is 4. The molecule has 626 valence electrons. The van der Waals surface area contributed by atoms with Crippen LogP contribution in [0.2, 0.25) is 0 Å². The Morgan fingerprint density at radius 3 is 1.55 bits per heavy atom. The number of carbonyl (C=O) groups excluding carboxylic acids is 18. The predicted molar refractivity (Wildman–Crippen MR) is 408 cm³/mol. The third-order valence-electron chi connectivity index (χ3n) is 18.1. The molecular weight excluding hydrogens is 1570 g/mol. The van der Waals surface area contributed by atoms with Crippen molar-refractivity contribution in [3.8, 4) is 0 Å². The van der Waals surface area contributed by atoms with Crippen molar-refractivity contribution in [2.75, 3.05) is 62.3 Å². The highest BCUT2D eigenvalue weighted by Gasteiger charge is 2.44. The van der Waals surface area contributed by atoms with Gasteiger partial charge in [-0.1, -0.05) is 63.4 Å². The van der Waals surface area contributed by atoms with Crippen LogP contribution < -0.4 is 115 Å². The van der Waals surface area contributed by atoms with Crippen molar-refractivity contribution in [2.24, 2.45) is 56.8 Å². The molecule has 0 aromatic carbocycles. The molecule has 4 aliphatic rings. The van der Waals surface area contributed by atoms with Crippen LogP contribution in [0.1, 0.15) is 90.7 Å². The molecule has 0 saturated carbocycles. The van der Waals surface area contributed by atoms with E-state index in [1.54, 1.807) is 6.92 Å². The number of rotatable bonds is 19. The quantitative estimate of drug-likeness (QED) is 0.0265.